The monoisotopic (exact) mass is 253 g/mol. The molecule has 102 valence electrons. The van der Waals surface area contributed by atoms with E-state index in [1.165, 1.54) is 0 Å². The van der Waals surface area contributed by atoms with Crippen LogP contribution in [0.3, 0.4) is 0 Å². The first-order valence-corrected chi connectivity index (χ1v) is 6.18. The maximum atomic E-state index is 12.2. The highest BCUT2D eigenvalue weighted by Gasteiger charge is 2.37. The molecule has 0 bridgehead atoms. The van der Waals surface area contributed by atoms with Crippen LogP contribution in [0.25, 0.3) is 0 Å². The number of carbonyl (C=O) groups excluding carboxylic acids is 1. The number of amides is 1. The summed E-state index contributed by atoms with van der Waals surface area (Å²) in [6.45, 7) is 11.4. The number of rotatable bonds is 4. The summed E-state index contributed by atoms with van der Waals surface area (Å²) >= 11 is 0. The van der Waals surface area contributed by atoms with Gasteiger partial charge in [-0.15, -0.1) is 0 Å². The lowest BCUT2D eigenvalue weighted by Gasteiger charge is -2.37. The van der Waals surface area contributed by atoms with Crippen molar-refractivity contribution in [3.05, 3.63) is 17.5 Å². The van der Waals surface area contributed by atoms with Gasteiger partial charge in [-0.3, -0.25) is 9.48 Å². The van der Waals surface area contributed by atoms with Gasteiger partial charge in [0.05, 0.1) is 16.8 Å². The minimum absolute atomic E-state index is 0.218. The Morgan fingerprint density at radius 2 is 2.00 bits per heavy atom. The van der Waals surface area contributed by atoms with E-state index in [9.17, 15) is 9.90 Å². The standard InChI is InChI=1S/C13H23N3O2/c1-7-16-10(8-9(2)15-16)11(17)14-12(3,4)13(5,6)18/h8,18H,7H2,1-6H3,(H,14,17). The van der Waals surface area contributed by atoms with Gasteiger partial charge in [0.1, 0.15) is 5.69 Å². The van der Waals surface area contributed by atoms with Crippen LogP contribution in [-0.4, -0.2) is 31.9 Å². The molecule has 1 aromatic heterocycles. The maximum Gasteiger partial charge on any atom is 0.270 e. The van der Waals surface area contributed by atoms with Gasteiger partial charge in [0, 0.05) is 6.54 Å². The number of hydrogen-bond acceptors (Lipinski definition) is 3. The Balaban J connectivity index is 2.96. The second-order valence-electron chi connectivity index (χ2n) is 5.62. The van der Waals surface area contributed by atoms with E-state index in [0.29, 0.717) is 12.2 Å². The SMILES string of the molecule is CCn1nc(C)cc1C(=O)NC(C)(C)C(C)(C)O. The molecule has 2 N–H and O–H groups in total. The van der Waals surface area contributed by atoms with Crippen molar-refractivity contribution < 1.29 is 9.90 Å². The van der Waals surface area contributed by atoms with Gasteiger partial charge in [-0.05, 0) is 47.6 Å². The van der Waals surface area contributed by atoms with Crippen molar-refractivity contribution in [3.63, 3.8) is 0 Å². The minimum Gasteiger partial charge on any atom is -0.388 e. The zero-order valence-corrected chi connectivity index (χ0v) is 12.0. The smallest absolute Gasteiger partial charge is 0.270 e. The molecule has 1 heterocycles. The van der Waals surface area contributed by atoms with Crippen LogP contribution in [-0.2, 0) is 6.54 Å². The number of nitrogens with zero attached hydrogens (tertiary/aromatic N) is 2. The van der Waals surface area contributed by atoms with E-state index in [2.05, 4.69) is 10.4 Å². The highest BCUT2D eigenvalue weighted by atomic mass is 16.3. The summed E-state index contributed by atoms with van der Waals surface area (Å²) < 4.78 is 1.66. The van der Waals surface area contributed by atoms with Crippen LogP contribution in [0.4, 0.5) is 0 Å². The summed E-state index contributed by atoms with van der Waals surface area (Å²) in [7, 11) is 0. The van der Waals surface area contributed by atoms with Crippen LogP contribution >= 0.6 is 0 Å². The van der Waals surface area contributed by atoms with Crippen molar-refractivity contribution in [2.75, 3.05) is 0 Å². The molecule has 0 fully saturated rings. The lowest BCUT2D eigenvalue weighted by Crippen LogP contribution is -2.57. The first kappa shape index (κ1) is 14.7. The Morgan fingerprint density at radius 3 is 2.44 bits per heavy atom. The summed E-state index contributed by atoms with van der Waals surface area (Å²) in [6, 6.07) is 1.75. The van der Waals surface area contributed by atoms with Crippen molar-refractivity contribution in [3.8, 4) is 0 Å². The van der Waals surface area contributed by atoms with Gasteiger partial charge in [-0.25, -0.2) is 0 Å². The van der Waals surface area contributed by atoms with Gasteiger partial charge < -0.3 is 10.4 Å². The van der Waals surface area contributed by atoms with Crippen molar-refractivity contribution in [2.45, 2.75) is 59.2 Å². The molecule has 0 spiro atoms. The molecular weight excluding hydrogens is 230 g/mol. The molecule has 0 aliphatic carbocycles. The summed E-state index contributed by atoms with van der Waals surface area (Å²) in [6.07, 6.45) is 0. The summed E-state index contributed by atoms with van der Waals surface area (Å²) in [4.78, 5) is 12.2. The third-order valence-corrected chi connectivity index (χ3v) is 3.39. The average Bonchev–Trinajstić information content (AvgIpc) is 2.57. The summed E-state index contributed by atoms with van der Waals surface area (Å²) in [5, 5.41) is 17.1. The van der Waals surface area contributed by atoms with Crippen molar-refractivity contribution in [2.24, 2.45) is 0 Å². The second-order valence-corrected chi connectivity index (χ2v) is 5.62. The fourth-order valence-corrected chi connectivity index (χ4v) is 1.47. The number of aromatic nitrogens is 2. The molecule has 0 radical (unpaired) electrons. The van der Waals surface area contributed by atoms with E-state index in [4.69, 9.17) is 0 Å². The topological polar surface area (TPSA) is 67.2 Å². The van der Waals surface area contributed by atoms with Crippen LogP contribution in [0.1, 0.15) is 50.8 Å². The van der Waals surface area contributed by atoms with Gasteiger partial charge in [0.15, 0.2) is 0 Å². The van der Waals surface area contributed by atoms with Gasteiger partial charge in [-0.1, -0.05) is 0 Å². The molecule has 18 heavy (non-hydrogen) atoms. The molecular formula is C13H23N3O2. The van der Waals surface area contributed by atoms with Crippen LogP contribution < -0.4 is 5.32 Å². The van der Waals surface area contributed by atoms with Gasteiger partial charge in [0.25, 0.3) is 5.91 Å². The van der Waals surface area contributed by atoms with Crippen LogP contribution in [0, 0.1) is 6.92 Å². The zero-order chi connectivity index (χ0) is 14.1. The number of aryl methyl sites for hydroxylation is 2. The highest BCUT2D eigenvalue weighted by molar-refractivity contribution is 5.93. The van der Waals surface area contributed by atoms with Crippen LogP contribution in [0.5, 0.6) is 0 Å². The fourth-order valence-electron chi connectivity index (χ4n) is 1.47. The molecule has 1 aromatic rings. The normalized spacial score (nSPS) is 12.6. The molecule has 0 aliphatic heterocycles. The molecule has 0 unspecified atom stereocenters. The lowest BCUT2D eigenvalue weighted by molar-refractivity contribution is -0.00312. The number of nitrogens with one attached hydrogen (secondary N) is 1. The highest BCUT2D eigenvalue weighted by Crippen LogP contribution is 2.21. The minimum atomic E-state index is -1.01. The Labute approximate surface area is 108 Å². The molecule has 0 atom stereocenters. The molecule has 1 amide bonds. The first-order valence-electron chi connectivity index (χ1n) is 6.18. The second kappa shape index (κ2) is 4.72. The van der Waals surface area contributed by atoms with E-state index in [0.717, 1.165) is 5.69 Å². The summed E-state index contributed by atoms with van der Waals surface area (Å²) in [5.41, 5.74) is -0.398. The lowest BCUT2D eigenvalue weighted by atomic mass is 9.86. The zero-order valence-electron chi connectivity index (χ0n) is 12.0. The Hall–Kier alpha value is -1.36. The maximum absolute atomic E-state index is 12.2. The number of carbonyl (C=O) groups is 1. The van der Waals surface area contributed by atoms with Crippen LogP contribution in [0.2, 0.25) is 0 Å². The van der Waals surface area contributed by atoms with Crippen molar-refractivity contribution in [1.82, 2.24) is 15.1 Å². The van der Waals surface area contributed by atoms with E-state index in [-0.39, 0.29) is 5.91 Å². The third kappa shape index (κ3) is 2.90. The number of aliphatic hydroxyl groups is 1. The molecule has 0 aromatic carbocycles. The van der Waals surface area contributed by atoms with E-state index >= 15 is 0 Å². The van der Waals surface area contributed by atoms with Crippen molar-refractivity contribution in [1.29, 1.82) is 0 Å². The third-order valence-electron chi connectivity index (χ3n) is 3.39. The van der Waals surface area contributed by atoms with Crippen LogP contribution in [0.15, 0.2) is 6.07 Å². The first-order chi connectivity index (χ1) is 8.08. The van der Waals surface area contributed by atoms with E-state index in [1.807, 2.05) is 13.8 Å². The van der Waals surface area contributed by atoms with Gasteiger partial charge in [-0.2, -0.15) is 5.10 Å². The fraction of sp³-hybridized carbons (Fsp3) is 0.692. The predicted octanol–water partition coefficient (Wildman–Crippen LogP) is 1.49. The molecule has 0 saturated heterocycles. The van der Waals surface area contributed by atoms with Gasteiger partial charge in [0.2, 0.25) is 0 Å². The quantitative estimate of drug-likeness (QED) is 0.854. The van der Waals surface area contributed by atoms with Gasteiger partial charge >= 0.3 is 0 Å². The molecule has 1 rings (SSSR count). The Morgan fingerprint density at radius 1 is 1.44 bits per heavy atom. The predicted molar refractivity (Wildman–Crippen MR) is 70.5 cm³/mol. The summed E-state index contributed by atoms with van der Waals surface area (Å²) in [5.74, 6) is -0.218. The van der Waals surface area contributed by atoms with E-state index < -0.39 is 11.1 Å². The average molecular weight is 253 g/mol. The number of hydrogen-bond donors (Lipinski definition) is 2. The molecule has 5 heteroatoms. The molecule has 5 nitrogen and oxygen atoms in total. The molecule has 0 aliphatic rings. The van der Waals surface area contributed by atoms with Crippen molar-refractivity contribution >= 4 is 5.91 Å². The van der Waals surface area contributed by atoms with E-state index in [1.54, 1.807) is 38.4 Å². The Bertz CT molecular complexity index is 442. The Kier molecular flexibility index (Phi) is 3.86. The molecule has 0 saturated carbocycles. The largest absolute Gasteiger partial charge is 0.388 e.